The number of amides is 1. The first-order valence-electron chi connectivity index (χ1n) is 7.04. The fourth-order valence-corrected chi connectivity index (χ4v) is 2.20. The molecule has 0 saturated carbocycles. The quantitative estimate of drug-likeness (QED) is 0.594. The average Bonchev–Trinajstić information content (AvgIpc) is 2.36. The molecule has 0 spiro atoms. The van der Waals surface area contributed by atoms with Crippen LogP contribution >= 0.6 is 0 Å². The van der Waals surface area contributed by atoms with Crippen molar-refractivity contribution in [1.29, 1.82) is 0 Å². The molecule has 1 atom stereocenters. The topological polar surface area (TPSA) is 92.4 Å². The number of hydrogen-bond donors (Lipinski definition) is 3. The number of carboxylic acid groups (broad SMARTS) is 1. The molecule has 19 heavy (non-hydrogen) atoms. The summed E-state index contributed by atoms with van der Waals surface area (Å²) in [4.78, 5) is 23.3. The lowest BCUT2D eigenvalue weighted by Crippen LogP contribution is -2.47. The summed E-state index contributed by atoms with van der Waals surface area (Å²) in [6.45, 7) is 8.26. The van der Waals surface area contributed by atoms with Gasteiger partial charge < -0.3 is 16.2 Å². The number of rotatable bonds is 9. The number of carbonyl (C=O) groups excluding carboxylic acids is 1. The minimum atomic E-state index is -0.861. The lowest BCUT2D eigenvalue weighted by Gasteiger charge is -2.29. The van der Waals surface area contributed by atoms with Crippen LogP contribution in [0.3, 0.4) is 0 Å². The smallest absolute Gasteiger partial charge is 0.308 e. The van der Waals surface area contributed by atoms with Crippen molar-refractivity contribution in [2.24, 2.45) is 23.0 Å². The van der Waals surface area contributed by atoms with Crippen molar-refractivity contribution in [1.82, 2.24) is 5.32 Å². The van der Waals surface area contributed by atoms with Crippen LogP contribution in [0.25, 0.3) is 0 Å². The second-order valence-corrected chi connectivity index (χ2v) is 5.57. The van der Waals surface area contributed by atoms with Crippen molar-refractivity contribution in [3.63, 3.8) is 0 Å². The van der Waals surface area contributed by atoms with Crippen LogP contribution in [-0.2, 0) is 9.59 Å². The predicted molar refractivity (Wildman–Crippen MR) is 75.7 cm³/mol. The highest BCUT2D eigenvalue weighted by molar-refractivity contribution is 5.83. The minimum Gasteiger partial charge on any atom is -0.481 e. The molecule has 0 aliphatic rings. The number of hydrogen-bond acceptors (Lipinski definition) is 3. The second-order valence-electron chi connectivity index (χ2n) is 5.57. The maximum Gasteiger partial charge on any atom is 0.308 e. The summed E-state index contributed by atoms with van der Waals surface area (Å²) < 4.78 is 0. The van der Waals surface area contributed by atoms with Crippen LogP contribution in [0.4, 0.5) is 0 Å². The molecule has 0 aromatic rings. The van der Waals surface area contributed by atoms with Gasteiger partial charge in [-0.1, -0.05) is 27.7 Å². The molecule has 0 saturated heterocycles. The van der Waals surface area contributed by atoms with Crippen LogP contribution < -0.4 is 11.1 Å². The van der Waals surface area contributed by atoms with Crippen molar-refractivity contribution in [3.8, 4) is 0 Å². The van der Waals surface area contributed by atoms with Crippen LogP contribution in [0.2, 0.25) is 0 Å². The van der Waals surface area contributed by atoms with Gasteiger partial charge in [-0.2, -0.15) is 0 Å². The normalized spacial score (nSPS) is 13.4. The Morgan fingerprint density at radius 1 is 1.26 bits per heavy atom. The molecule has 5 heteroatoms. The molecule has 112 valence electrons. The highest BCUT2D eigenvalue weighted by atomic mass is 16.4. The van der Waals surface area contributed by atoms with Crippen molar-refractivity contribution in [3.05, 3.63) is 0 Å². The largest absolute Gasteiger partial charge is 0.481 e. The molecule has 0 fully saturated rings. The molecule has 0 bridgehead atoms. The first-order chi connectivity index (χ1) is 8.82. The van der Waals surface area contributed by atoms with E-state index in [2.05, 4.69) is 5.32 Å². The van der Waals surface area contributed by atoms with E-state index in [1.807, 2.05) is 27.7 Å². The molecule has 0 heterocycles. The number of nitrogens with two attached hydrogens (primary N) is 1. The third-order valence-electron chi connectivity index (χ3n) is 3.84. The Balaban J connectivity index is 4.59. The van der Waals surface area contributed by atoms with Gasteiger partial charge in [-0.05, 0) is 25.2 Å². The van der Waals surface area contributed by atoms with Gasteiger partial charge in [-0.25, -0.2) is 0 Å². The van der Waals surface area contributed by atoms with Gasteiger partial charge in [0, 0.05) is 13.1 Å². The van der Waals surface area contributed by atoms with Crippen LogP contribution in [0.1, 0.15) is 47.0 Å². The fourth-order valence-electron chi connectivity index (χ4n) is 2.20. The summed E-state index contributed by atoms with van der Waals surface area (Å²) in [5, 5.41) is 11.9. The van der Waals surface area contributed by atoms with Crippen molar-refractivity contribution in [2.75, 3.05) is 13.1 Å². The molecule has 0 aliphatic heterocycles. The first-order valence-corrected chi connectivity index (χ1v) is 7.04. The number of aliphatic carboxylic acids is 1. The Hall–Kier alpha value is -1.10. The van der Waals surface area contributed by atoms with Crippen LogP contribution in [-0.4, -0.2) is 30.1 Å². The number of nitrogens with one attached hydrogen (secondary N) is 1. The lowest BCUT2D eigenvalue weighted by atomic mass is 9.81. The number of carbonyl (C=O) groups is 2. The highest BCUT2D eigenvalue weighted by Crippen LogP contribution is 2.25. The summed E-state index contributed by atoms with van der Waals surface area (Å²) in [5.74, 6) is -1.24. The highest BCUT2D eigenvalue weighted by Gasteiger charge is 2.33. The molecule has 0 aliphatic carbocycles. The summed E-state index contributed by atoms with van der Waals surface area (Å²) in [6.07, 6.45) is 1.88. The van der Waals surface area contributed by atoms with E-state index in [-0.39, 0.29) is 24.9 Å². The van der Waals surface area contributed by atoms with E-state index >= 15 is 0 Å². The van der Waals surface area contributed by atoms with Crippen molar-refractivity contribution >= 4 is 11.9 Å². The van der Waals surface area contributed by atoms with Crippen molar-refractivity contribution < 1.29 is 14.7 Å². The maximum atomic E-state index is 12.2. The Labute approximate surface area is 115 Å². The second kappa shape index (κ2) is 8.15. The minimum absolute atomic E-state index is 0.130. The molecule has 0 aromatic heterocycles. The molecular weight excluding hydrogens is 244 g/mol. The molecule has 1 unspecified atom stereocenters. The van der Waals surface area contributed by atoms with Gasteiger partial charge >= 0.3 is 5.97 Å². The van der Waals surface area contributed by atoms with Gasteiger partial charge in [-0.3, -0.25) is 9.59 Å². The summed E-state index contributed by atoms with van der Waals surface area (Å²) in [7, 11) is 0. The van der Waals surface area contributed by atoms with Gasteiger partial charge in [0.2, 0.25) is 5.91 Å². The third kappa shape index (κ3) is 5.19. The van der Waals surface area contributed by atoms with E-state index < -0.39 is 17.3 Å². The molecule has 1 amide bonds. The monoisotopic (exact) mass is 272 g/mol. The Kier molecular flexibility index (Phi) is 7.68. The summed E-state index contributed by atoms with van der Waals surface area (Å²) in [5.41, 5.74) is 5.13. The van der Waals surface area contributed by atoms with Gasteiger partial charge in [0.15, 0.2) is 0 Å². The molecule has 5 nitrogen and oxygen atoms in total. The molecule has 0 aromatic carbocycles. The standard InChI is InChI=1S/C14H28N2O3/c1-5-14(6-2,9-15)13(19)16-8-11(12(17)18)7-10(3)4/h10-11H,5-9,15H2,1-4H3,(H,16,19)(H,17,18). The molecule has 4 N–H and O–H groups in total. The van der Waals surface area contributed by atoms with Gasteiger partial charge in [0.25, 0.3) is 0 Å². The van der Waals surface area contributed by atoms with Gasteiger partial charge in [-0.15, -0.1) is 0 Å². The predicted octanol–water partition coefficient (Wildman–Crippen LogP) is 1.61. The summed E-state index contributed by atoms with van der Waals surface area (Å²) in [6, 6.07) is 0. The first kappa shape index (κ1) is 17.9. The van der Waals surface area contributed by atoms with E-state index in [1.54, 1.807) is 0 Å². The molecule has 0 radical (unpaired) electrons. The zero-order valence-electron chi connectivity index (χ0n) is 12.5. The third-order valence-corrected chi connectivity index (χ3v) is 3.84. The SMILES string of the molecule is CCC(CC)(CN)C(=O)NCC(CC(C)C)C(=O)O. The van der Waals surface area contributed by atoms with E-state index in [0.29, 0.717) is 19.3 Å². The van der Waals surface area contributed by atoms with Crippen LogP contribution in [0.15, 0.2) is 0 Å². The lowest BCUT2D eigenvalue weighted by molar-refractivity contribution is -0.142. The number of carboxylic acids is 1. The fraction of sp³-hybridized carbons (Fsp3) is 0.857. The van der Waals surface area contributed by atoms with E-state index in [9.17, 15) is 9.59 Å². The van der Waals surface area contributed by atoms with E-state index in [4.69, 9.17) is 10.8 Å². The van der Waals surface area contributed by atoms with Crippen LogP contribution in [0, 0.1) is 17.3 Å². The van der Waals surface area contributed by atoms with Crippen LogP contribution in [0.5, 0.6) is 0 Å². The Morgan fingerprint density at radius 3 is 2.11 bits per heavy atom. The Morgan fingerprint density at radius 2 is 1.79 bits per heavy atom. The molecular formula is C14H28N2O3. The Bertz CT molecular complexity index is 291. The van der Waals surface area contributed by atoms with E-state index in [1.165, 1.54) is 0 Å². The van der Waals surface area contributed by atoms with Crippen molar-refractivity contribution in [2.45, 2.75) is 47.0 Å². The average molecular weight is 272 g/mol. The zero-order valence-corrected chi connectivity index (χ0v) is 12.5. The zero-order chi connectivity index (χ0) is 15.1. The van der Waals surface area contributed by atoms with Gasteiger partial charge in [0.05, 0.1) is 11.3 Å². The maximum absolute atomic E-state index is 12.2. The van der Waals surface area contributed by atoms with E-state index in [0.717, 1.165) is 0 Å². The molecule has 0 rings (SSSR count). The van der Waals surface area contributed by atoms with Gasteiger partial charge in [0.1, 0.15) is 0 Å². The summed E-state index contributed by atoms with van der Waals surface area (Å²) >= 11 is 0.